The minimum Gasteiger partial charge on any atom is -0.468 e. The summed E-state index contributed by atoms with van der Waals surface area (Å²) in [6.45, 7) is 8.34. The maximum absolute atomic E-state index is 13.9. The lowest BCUT2D eigenvalue weighted by molar-refractivity contribution is -0.204. The molecule has 0 spiro atoms. The second kappa shape index (κ2) is 10.5. The van der Waals surface area contributed by atoms with E-state index in [9.17, 15) is 32.3 Å². The Balaban J connectivity index is 2.50. The molecule has 0 aliphatic carbocycles. The highest BCUT2D eigenvalue weighted by molar-refractivity contribution is 6.08. The number of nitrogens with one attached hydrogen (secondary N) is 1. The van der Waals surface area contributed by atoms with Crippen molar-refractivity contribution in [2.75, 3.05) is 19.0 Å². The molecule has 0 radical (unpaired) electrons. The Hall–Kier alpha value is -3.45. The number of amides is 3. The smallest absolute Gasteiger partial charge is 0.417 e. The molecule has 37 heavy (non-hydrogen) atoms. The fourth-order valence-electron chi connectivity index (χ4n) is 3.74. The quantitative estimate of drug-likeness (QED) is 0.348. The highest BCUT2D eigenvalue weighted by Crippen LogP contribution is 2.45. The summed E-state index contributed by atoms with van der Waals surface area (Å²) in [5, 5.41) is 9.75. The second-order valence-corrected chi connectivity index (χ2v) is 10.7. The van der Waals surface area contributed by atoms with Gasteiger partial charge in [-0.3, -0.25) is 14.9 Å². The molecule has 1 N–H and O–H groups in total. The average Bonchev–Trinajstić information content (AvgIpc) is 2.71. The number of carbonyl (C=O) groups is 4. The van der Waals surface area contributed by atoms with E-state index in [1.807, 2.05) is 0 Å². The van der Waals surface area contributed by atoms with Crippen molar-refractivity contribution < 1.29 is 46.6 Å². The van der Waals surface area contributed by atoms with Crippen LogP contribution < -0.4 is 5.32 Å². The third-order valence-corrected chi connectivity index (χ3v) is 5.15. The molecular weight excluding hydrogens is 501 g/mol. The van der Waals surface area contributed by atoms with Crippen LogP contribution in [0.25, 0.3) is 0 Å². The number of anilines is 1. The third kappa shape index (κ3) is 7.76. The number of hydrogen-bond donors (Lipinski definition) is 1. The van der Waals surface area contributed by atoms with E-state index in [0.717, 1.165) is 13.3 Å². The SMILES string of the molecule is COC(=O)C1(Cc2cnnc(NC(=O)OC(C)(C)C)c2)C[C@H](C(F)(F)F)CN(C(=O)OC(C)(C)C)C1=O. The van der Waals surface area contributed by atoms with Crippen LogP contribution in [-0.4, -0.2) is 70.2 Å². The maximum atomic E-state index is 13.9. The Bertz CT molecular complexity index is 1050. The van der Waals surface area contributed by atoms with Gasteiger partial charge in [0.25, 0.3) is 0 Å². The van der Waals surface area contributed by atoms with Crippen LogP contribution in [0.5, 0.6) is 0 Å². The summed E-state index contributed by atoms with van der Waals surface area (Å²) in [6.07, 6.45) is -7.52. The molecule has 11 nitrogen and oxygen atoms in total. The average molecular weight is 533 g/mol. The van der Waals surface area contributed by atoms with E-state index < -0.39 is 72.2 Å². The fraction of sp³-hybridized carbons (Fsp3) is 0.652. The Labute approximate surface area is 212 Å². The molecule has 2 heterocycles. The molecule has 0 aromatic carbocycles. The van der Waals surface area contributed by atoms with Crippen LogP contribution in [0.15, 0.2) is 12.3 Å². The molecule has 1 unspecified atom stereocenters. The van der Waals surface area contributed by atoms with Gasteiger partial charge in [0.1, 0.15) is 11.2 Å². The number of esters is 1. The molecule has 14 heteroatoms. The summed E-state index contributed by atoms with van der Waals surface area (Å²) in [5.41, 5.74) is -4.30. The number of ether oxygens (including phenoxy) is 3. The first-order valence-corrected chi connectivity index (χ1v) is 11.3. The molecule has 0 saturated carbocycles. The zero-order valence-electron chi connectivity index (χ0n) is 21.7. The molecule has 0 bridgehead atoms. The van der Waals surface area contributed by atoms with Crippen LogP contribution in [0, 0.1) is 11.3 Å². The van der Waals surface area contributed by atoms with E-state index in [1.54, 1.807) is 20.8 Å². The summed E-state index contributed by atoms with van der Waals surface area (Å²) in [5.74, 6) is -4.83. The van der Waals surface area contributed by atoms with E-state index in [-0.39, 0.29) is 16.3 Å². The largest absolute Gasteiger partial charge is 0.468 e. The van der Waals surface area contributed by atoms with E-state index in [4.69, 9.17) is 14.2 Å². The van der Waals surface area contributed by atoms with Crippen LogP contribution in [0.1, 0.15) is 53.5 Å². The molecule has 2 rings (SSSR count). The highest BCUT2D eigenvalue weighted by Gasteiger charge is 2.60. The molecule has 206 valence electrons. The predicted molar refractivity (Wildman–Crippen MR) is 122 cm³/mol. The van der Waals surface area contributed by atoms with Crippen LogP contribution >= 0.6 is 0 Å². The lowest BCUT2D eigenvalue weighted by atomic mass is 9.70. The Morgan fingerprint density at radius 3 is 2.22 bits per heavy atom. The zero-order chi connectivity index (χ0) is 28.4. The van der Waals surface area contributed by atoms with E-state index in [2.05, 4.69) is 15.5 Å². The van der Waals surface area contributed by atoms with Gasteiger partial charge in [0.2, 0.25) is 5.91 Å². The number of hydrogen-bond acceptors (Lipinski definition) is 9. The number of halogens is 3. The number of nitrogens with zero attached hydrogens (tertiary/aromatic N) is 3. The van der Waals surface area contributed by atoms with Gasteiger partial charge in [-0.15, -0.1) is 5.10 Å². The van der Waals surface area contributed by atoms with Crippen molar-refractivity contribution in [3.63, 3.8) is 0 Å². The highest BCUT2D eigenvalue weighted by atomic mass is 19.4. The summed E-state index contributed by atoms with van der Waals surface area (Å²) < 4.78 is 56.7. The van der Waals surface area contributed by atoms with Crippen LogP contribution in [0.3, 0.4) is 0 Å². The summed E-state index contributed by atoms with van der Waals surface area (Å²) in [7, 11) is 0.923. The first-order chi connectivity index (χ1) is 16.8. The van der Waals surface area contributed by atoms with Gasteiger partial charge in [-0.25, -0.2) is 14.5 Å². The number of aromatic nitrogens is 2. The molecule has 1 saturated heterocycles. The number of alkyl halides is 3. The number of imide groups is 1. The number of rotatable bonds is 4. The lowest BCUT2D eigenvalue weighted by Crippen LogP contribution is -2.61. The number of piperidine rings is 1. The predicted octanol–water partition coefficient (Wildman–Crippen LogP) is 3.87. The molecule has 1 aromatic heterocycles. The van der Waals surface area contributed by atoms with Gasteiger partial charge < -0.3 is 14.2 Å². The minimum atomic E-state index is -4.85. The first-order valence-electron chi connectivity index (χ1n) is 11.3. The zero-order valence-corrected chi connectivity index (χ0v) is 21.7. The number of methoxy groups -OCH3 is 1. The molecular formula is C23H31F3N4O7. The maximum Gasteiger partial charge on any atom is 0.417 e. The standard InChI is InChI=1S/C23H31F3N4O7/c1-20(2,3)36-18(33)28-15-8-13(11-27-29-15)9-22(17(32)35-7)10-14(23(24,25)26)12-30(16(22)31)19(34)37-21(4,5)6/h8,11,14H,9-10,12H2,1-7H3,(H,28,29,33)/t14-,22?/m0/s1. The van der Waals surface area contributed by atoms with Crippen LogP contribution in [0.2, 0.25) is 0 Å². The van der Waals surface area contributed by atoms with Crippen molar-refractivity contribution in [3.8, 4) is 0 Å². The van der Waals surface area contributed by atoms with Gasteiger partial charge in [-0.2, -0.15) is 18.3 Å². The summed E-state index contributed by atoms with van der Waals surface area (Å²) in [6, 6.07) is 1.23. The van der Waals surface area contributed by atoms with E-state index in [1.165, 1.54) is 26.8 Å². The summed E-state index contributed by atoms with van der Waals surface area (Å²) >= 11 is 0. The molecule has 1 fully saturated rings. The van der Waals surface area contributed by atoms with Crippen molar-refractivity contribution in [2.45, 2.75) is 71.8 Å². The Morgan fingerprint density at radius 1 is 1.11 bits per heavy atom. The molecule has 2 atom stereocenters. The van der Waals surface area contributed by atoms with Crippen LogP contribution in [0.4, 0.5) is 28.6 Å². The number of carbonyl (C=O) groups excluding carboxylic acids is 4. The van der Waals surface area contributed by atoms with Crippen molar-refractivity contribution in [1.29, 1.82) is 0 Å². The van der Waals surface area contributed by atoms with Gasteiger partial charge in [0.15, 0.2) is 11.2 Å². The lowest BCUT2D eigenvalue weighted by Gasteiger charge is -2.43. The third-order valence-electron chi connectivity index (χ3n) is 5.15. The molecule has 1 aliphatic heterocycles. The number of likely N-dealkylation sites (tertiary alicyclic amines) is 1. The Morgan fingerprint density at radius 2 is 1.70 bits per heavy atom. The summed E-state index contributed by atoms with van der Waals surface area (Å²) in [4.78, 5) is 51.5. The topological polar surface area (TPSA) is 137 Å². The molecule has 3 amide bonds. The van der Waals surface area contributed by atoms with Gasteiger partial charge in [-0.1, -0.05) is 0 Å². The monoisotopic (exact) mass is 532 g/mol. The van der Waals surface area contributed by atoms with Gasteiger partial charge in [0.05, 0.1) is 19.2 Å². The Kier molecular flexibility index (Phi) is 8.45. The van der Waals surface area contributed by atoms with Crippen molar-refractivity contribution in [3.05, 3.63) is 17.8 Å². The van der Waals surface area contributed by atoms with Gasteiger partial charge >= 0.3 is 24.3 Å². The first kappa shape index (κ1) is 29.8. The van der Waals surface area contributed by atoms with Crippen molar-refractivity contribution >= 4 is 29.9 Å². The fourth-order valence-corrected chi connectivity index (χ4v) is 3.74. The normalized spacial score (nSPS) is 20.8. The molecule has 1 aromatic rings. The van der Waals surface area contributed by atoms with Crippen molar-refractivity contribution in [2.24, 2.45) is 11.3 Å². The van der Waals surface area contributed by atoms with Gasteiger partial charge in [-0.05, 0) is 66.0 Å². The second-order valence-electron chi connectivity index (χ2n) is 10.7. The van der Waals surface area contributed by atoms with Crippen LogP contribution in [-0.2, 0) is 30.2 Å². The van der Waals surface area contributed by atoms with Crippen molar-refractivity contribution in [1.82, 2.24) is 15.1 Å². The van der Waals surface area contributed by atoms with E-state index >= 15 is 0 Å². The minimum absolute atomic E-state index is 0.0757. The van der Waals surface area contributed by atoms with Gasteiger partial charge in [0, 0.05) is 6.54 Å². The molecule has 1 aliphatic rings. The van der Waals surface area contributed by atoms with E-state index in [0.29, 0.717) is 0 Å².